The molecule has 18 heavy (non-hydrogen) atoms. The summed E-state index contributed by atoms with van der Waals surface area (Å²) in [4.78, 5) is 12.2. The molecular formula is C15H29NO2. The minimum atomic E-state index is -0.452. The van der Waals surface area contributed by atoms with Crippen LogP contribution in [-0.4, -0.2) is 24.7 Å². The molecule has 1 fully saturated rings. The SMILES string of the molecule is COC(=O)C1(NC(C)C)CCCC(C(C)C)CC1. The molecule has 1 saturated carbocycles. The van der Waals surface area contributed by atoms with Crippen molar-refractivity contribution in [3.8, 4) is 0 Å². The molecule has 1 aliphatic carbocycles. The molecule has 0 saturated heterocycles. The van der Waals surface area contributed by atoms with E-state index in [2.05, 4.69) is 33.0 Å². The zero-order valence-corrected chi connectivity index (χ0v) is 12.6. The molecule has 1 aliphatic rings. The van der Waals surface area contributed by atoms with Gasteiger partial charge >= 0.3 is 5.97 Å². The molecule has 0 bridgehead atoms. The van der Waals surface area contributed by atoms with Gasteiger partial charge < -0.3 is 4.74 Å². The lowest BCUT2D eigenvalue weighted by atomic mass is 9.86. The van der Waals surface area contributed by atoms with Crippen LogP contribution < -0.4 is 5.32 Å². The summed E-state index contributed by atoms with van der Waals surface area (Å²) in [7, 11) is 1.50. The van der Waals surface area contributed by atoms with Gasteiger partial charge in [-0.2, -0.15) is 0 Å². The molecule has 106 valence electrons. The third-order valence-corrected chi connectivity index (χ3v) is 4.20. The maximum atomic E-state index is 12.2. The zero-order valence-electron chi connectivity index (χ0n) is 12.6. The van der Waals surface area contributed by atoms with Crippen LogP contribution in [0.25, 0.3) is 0 Å². The fourth-order valence-corrected chi connectivity index (χ4v) is 3.19. The van der Waals surface area contributed by atoms with Crippen LogP contribution in [0.1, 0.15) is 59.8 Å². The Morgan fingerprint density at radius 3 is 2.39 bits per heavy atom. The third kappa shape index (κ3) is 3.71. The van der Waals surface area contributed by atoms with Gasteiger partial charge in [-0.3, -0.25) is 10.1 Å². The monoisotopic (exact) mass is 255 g/mol. The largest absolute Gasteiger partial charge is 0.468 e. The number of methoxy groups -OCH3 is 1. The average Bonchev–Trinajstić information content (AvgIpc) is 2.51. The second-order valence-electron chi connectivity index (χ2n) is 6.31. The number of esters is 1. The number of hydrogen-bond donors (Lipinski definition) is 1. The van der Waals surface area contributed by atoms with Crippen LogP contribution in [0, 0.1) is 11.8 Å². The predicted octanol–water partition coefficient (Wildman–Crippen LogP) is 3.13. The van der Waals surface area contributed by atoms with Gasteiger partial charge in [0.15, 0.2) is 0 Å². The first-order valence-electron chi connectivity index (χ1n) is 7.27. The fraction of sp³-hybridized carbons (Fsp3) is 0.933. The molecule has 0 aromatic carbocycles. The number of rotatable bonds is 4. The molecule has 2 atom stereocenters. The number of nitrogens with one attached hydrogen (secondary N) is 1. The molecule has 0 amide bonds. The molecular weight excluding hydrogens is 226 g/mol. The molecule has 0 radical (unpaired) electrons. The van der Waals surface area contributed by atoms with Gasteiger partial charge in [-0.1, -0.05) is 26.7 Å². The van der Waals surface area contributed by atoms with Crippen molar-refractivity contribution in [1.82, 2.24) is 5.32 Å². The summed E-state index contributed by atoms with van der Waals surface area (Å²) in [5, 5.41) is 3.47. The first-order valence-corrected chi connectivity index (χ1v) is 7.27. The van der Waals surface area contributed by atoms with Gasteiger partial charge in [-0.05, 0) is 44.9 Å². The lowest BCUT2D eigenvalue weighted by molar-refractivity contribution is -0.149. The van der Waals surface area contributed by atoms with E-state index >= 15 is 0 Å². The molecule has 0 aromatic rings. The molecule has 2 unspecified atom stereocenters. The van der Waals surface area contributed by atoms with Crippen molar-refractivity contribution in [3.63, 3.8) is 0 Å². The van der Waals surface area contributed by atoms with E-state index in [1.165, 1.54) is 13.5 Å². The Hall–Kier alpha value is -0.570. The minimum absolute atomic E-state index is 0.0828. The quantitative estimate of drug-likeness (QED) is 0.619. The first kappa shape index (κ1) is 15.5. The van der Waals surface area contributed by atoms with Gasteiger partial charge in [0.1, 0.15) is 5.54 Å². The molecule has 3 heteroatoms. The van der Waals surface area contributed by atoms with Gasteiger partial charge in [0.2, 0.25) is 0 Å². The normalized spacial score (nSPS) is 29.4. The van der Waals surface area contributed by atoms with E-state index in [4.69, 9.17) is 4.74 Å². The number of ether oxygens (including phenoxy) is 1. The van der Waals surface area contributed by atoms with E-state index in [9.17, 15) is 4.79 Å². The van der Waals surface area contributed by atoms with Crippen LogP contribution in [0.2, 0.25) is 0 Å². The summed E-state index contributed by atoms with van der Waals surface area (Å²) in [6.07, 6.45) is 5.27. The molecule has 0 heterocycles. The Morgan fingerprint density at radius 1 is 1.22 bits per heavy atom. The topological polar surface area (TPSA) is 38.3 Å². The Balaban J connectivity index is 2.81. The second kappa shape index (κ2) is 6.55. The van der Waals surface area contributed by atoms with Gasteiger partial charge in [0.25, 0.3) is 0 Å². The predicted molar refractivity (Wildman–Crippen MR) is 74.4 cm³/mol. The second-order valence-corrected chi connectivity index (χ2v) is 6.31. The molecule has 0 aliphatic heterocycles. The van der Waals surface area contributed by atoms with E-state index in [1.54, 1.807) is 0 Å². The summed E-state index contributed by atoms with van der Waals surface area (Å²) in [5.74, 6) is 1.36. The van der Waals surface area contributed by atoms with E-state index < -0.39 is 5.54 Å². The van der Waals surface area contributed by atoms with Crippen LogP contribution in [0.4, 0.5) is 0 Å². The highest BCUT2D eigenvalue weighted by molar-refractivity contribution is 5.80. The van der Waals surface area contributed by atoms with Crippen molar-refractivity contribution in [2.24, 2.45) is 11.8 Å². The van der Waals surface area contributed by atoms with Gasteiger partial charge in [0, 0.05) is 6.04 Å². The number of carbonyl (C=O) groups excluding carboxylic acids is 1. The van der Waals surface area contributed by atoms with Crippen LogP contribution >= 0.6 is 0 Å². The van der Waals surface area contributed by atoms with Crippen LogP contribution in [0.3, 0.4) is 0 Å². The molecule has 0 spiro atoms. The van der Waals surface area contributed by atoms with Gasteiger partial charge in [-0.25, -0.2) is 0 Å². The highest BCUT2D eigenvalue weighted by atomic mass is 16.5. The maximum absolute atomic E-state index is 12.2. The van der Waals surface area contributed by atoms with Crippen LogP contribution in [0.15, 0.2) is 0 Å². The maximum Gasteiger partial charge on any atom is 0.326 e. The van der Waals surface area contributed by atoms with Crippen molar-refractivity contribution in [1.29, 1.82) is 0 Å². The summed E-state index contributed by atoms with van der Waals surface area (Å²) in [5.41, 5.74) is -0.452. The summed E-state index contributed by atoms with van der Waals surface area (Å²) in [6, 6.07) is 0.305. The highest BCUT2D eigenvalue weighted by Gasteiger charge is 2.41. The van der Waals surface area contributed by atoms with Crippen LogP contribution in [-0.2, 0) is 9.53 Å². The minimum Gasteiger partial charge on any atom is -0.468 e. The standard InChI is InChI=1S/C15H29NO2/c1-11(2)13-7-6-9-15(10-8-13,14(17)18-5)16-12(3)4/h11-13,16H,6-10H2,1-5H3. The lowest BCUT2D eigenvalue weighted by Crippen LogP contribution is -2.55. The van der Waals surface area contributed by atoms with Crippen molar-refractivity contribution < 1.29 is 9.53 Å². The van der Waals surface area contributed by atoms with E-state index in [-0.39, 0.29) is 5.97 Å². The van der Waals surface area contributed by atoms with Crippen molar-refractivity contribution >= 4 is 5.97 Å². The lowest BCUT2D eigenvalue weighted by Gasteiger charge is -2.33. The van der Waals surface area contributed by atoms with E-state index in [1.807, 2.05) is 0 Å². The van der Waals surface area contributed by atoms with Crippen molar-refractivity contribution in [3.05, 3.63) is 0 Å². The van der Waals surface area contributed by atoms with E-state index in [0.717, 1.165) is 31.6 Å². The van der Waals surface area contributed by atoms with Gasteiger partial charge in [0.05, 0.1) is 7.11 Å². The Kier molecular flexibility index (Phi) is 5.64. The summed E-state index contributed by atoms with van der Waals surface area (Å²) < 4.78 is 5.04. The van der Waals surface area contributed by atoms with Gasteiger partial charge in [-0.15, -0.1) is 0 Å². The van der Waals surface area contributed by atoms with Crippen molar-refractivity contribution in [2.75, 3.05) is 7.11 Å². The molecule has 1 rings (SSSR count). The first-order chi connectivity index (χ1) is 8.41. The number of hydrogen-bond acceptors (Lipinski definition) is 3. The van der Waals surface area contributed by atoms with Crippen molar-refractivity contribution in [2.45, 2.75) is 71.4 Å². The highest BCUT2D eigenvalue weighted by Crippen LogP contribution is 2.35. The third-order valence-electron chi connectivity index (χ3n) is 4.20. The molecule has 3 nitrogen and oxygen atoms in total. The van der Waals surface area contributed by atoms with E-state index in [0.29, 0.717) is 12.0 Å². The smallest absolute Gasteiger partial charge is 0.326 e. The molecule has 0 aromatic heterocycles. The average molecular weight is 255 g/mol. The fourth-order valence-electron chi connectivity index (χ4n) is 3.19. The molecule has 1 N–H and O–H groups in total. The summed E-state index contributed by atoms with van der Waals surface area (Å²) >= 11 is 0. The summed E-state index contributed by atoms with van der Waals surface area (Å²) in [6.45, 7) is 8.75. The Labute approximate surface area is 112 Å². The van der Waals surface area contributed by atoms with Crippen LogP contribution in [0.5, 0.6) is 0 Å². The number of carbonyl (C=O) groups is 1. The Bertz CT molecular complexity index is 276. The Morgan fingerprint density at radius 2 is 1.89 bits per heavy atom. The zero-order chi connectivity index (χ0) is 13.8.